The normalized spacial score (nSPS) is 15.8. The van der Waals surface area contributed by atoms with E-state index in [4.69, 9.17) is 15.3 Å². The minimum atomic E-state index is -3.88. The molecule has 2 aromatic rings. The van der Waals surface area contributed by atoms with E-state index in [0.717, 1.165) is 0 Å². The Kier molecular flexibility index (Phi) is 4.66. The molecule has 3 rings (SSSR count). The molecule has 1 saturated heterocycles. The van der Waals surface area contributed by atoms with Crippen LogP contribution < -0.4 is 10.6 Å². The molecule has 0 atom stereocenters. The molecule has 0 bridgehead atoms. The molecule has 0 aromatic carbocycles. The van der Waals surface area contributed by atoms with Crippen LogP contribution in [0.4, 0.5) is 5.82 Å². The Hall–Kier alpha value is -2.92. The predicted octanol–water partition coefficient (Wildman–Crippen LogP) is -0.0174. The number of primary amides is 1. The van der Waals surface area contributed by atoms with Crippen LogP contribution in [0.5, 0.6) is 0 Å². The van der Waals surface area contributed by atoms with Crippen LogP contribution in [-0.4, -0.2) is 60.9 Å². The fourth-order valence-electron chi connectivity index (χ4n) is 2.59. The van der Waals surface area contributed by atoms with Crippen molar-refractivity contribution in [1.29, 1.82) is 0 Å². The summed E-state index contributed by atoms with van der Waals surface area (Å²) in [4.78, 5) is 27.9. The van der Waals surface area contributed by atoms with Gasteiger partial charge in [-0.1, -0.05) is 6.07 Å². The van der Waals surface area contributed by atoms with E-state index in [1.807, 2.05) is 0 Å². The third kappa shape index (κ3) is 3.39. The second kappa shape index (κ2) is 6.77. The number of nitrogens with zero attached hydrogens (tertiary/aromatic N) is 3. The maximum Gasteiger partial charge on any atom is 0.354 e. The van der Waals surface area contributed by atoms with Crippen molar-refractivity contribution in [1.82, 2.24) is 9.29 Å². The molecule has 3 heterocycles. The number of aromatic nitrogens is 1. The van der Waals surface area contributed by atoms with Crippen molar-refractivity contribution in [2.45, 2.75) is 5.09 Å². The van der Waals surface area contributed by atoms with Gasteiger partial charge in [-0.3, -0.25) is 4.79 Å². The van der Waals surface area contributed by atoms with Crippen molar-refractivity contribution >= 4 is 27.7 Å². The van der Waals surface area contributed by atoms with Crippen LogP contribution in [-0.2, 0) is 10.0 Å². The third-order valence-electron chi connectivity index (χ3n) is 3.93. The minimum absolute atomic E-state index is 0.0767. The summed E-state index contributed by atoms with van der Waals surface area (Å²) in [7, 11) is -3.88. The zero-order valence-electron chi connectivity index (χ0n) is 13.5. The number of pyridine rings is 1. The summed E-state index contributed by atoms with van der Waals surface area (Å²) in [6.07, 6.45) is 0. The average Bonchev–Trinajstić information content (AvgIpc) is 3.13. The first kappa shape index (κ1) is 17.9. The van der Waals surface area contributed by atoms with E-state index in [-0.39, 0.29) is 29.6 Å². The molecule has 0 unspecified atom stereocenters. The van der Waals surface area contributed by atoms with Gasteiger partial charge >= 0.3 is 5.97 Å². The lowest BCUT2D eigenvalue weighted by molar-refractivity contribution is 0.0690. The van der Waals surface area contributed by atoms with E-state index in [0.29, 0.717) is 18.9 Å². The van der Waals surface area contributed by atoms with Gasteiger partial charge in [0.05, 0.1) is 0 Å². The van der Waals surface area contributed by atoms with Crippen LogP contribution in [0.15, 0.2) is 39.8 Å². The molecular formula is C15H16N4O6S. The van der Waals surface area contributed by atoms with Crippen LogP contribution in [0.3, 0.4) is 0 Å². The number of hydrogen-bond donors (Lipinski definition) is 2. The summed E-state index contributed by atoms with van der Waals surface area (Å²) in [5, 5.41) is 8.67. The third-order valence-corrected chi connectivity index (χ3v) is 5.71. The van der Waals surface area contributed by atoms with Gasteiger partial charge in [0.25, 0.3) is 15.9 Å². The summed E-state index contributed by atoms with van der Waals surface area (Å²) < 4.78 is 31.4. The molecule has 26 heavy (non-hydrogen) atoms. The molecule has 1 amide bonds. The zero-order chi connectivity index (χ0) is 18.9. The predicted molar refractivity (Wildman–Crippen MR) is 89.4 cm³/mol. The molecule has 10 nitrogen and oxygen atoms in total. The Morgan fingerprint density at radius 3 is 2.38 bits per heavy atom. The van der Waals surface area contributed by atoms with Crippen molar-refractivity contribution in [3.05, 3.63) is 41.8 Å². The first-order chi connectivity index (χ1) is 12.3. The van der Waals surface area contributed by atoms with Crippen LogP contribution in [0, 0.1) is 0 Å². The van der Waals surface area contributed by atoms with Crippen LogP contribution in [0.2, 0.25) is 0 Å². The number of carboxylic acids is 1. The number of furan rings is 1. The monoisotopic (exact) mass is 380 g/mol. The van der Waals surface area contributed by atoms with Gasteiger partial charge in [-0.2, -0.15) is 4.31 Å². The smallest absolute Gasteiger partial charge is 0.354 e. The molecule has 3 N–H and O–H groups in total. The Bertz CT molecular complexity index is 947. The maximum absolute atomic E-state index is 12.6. The Morgan fingerprint density at radius 2 is 1.81 bits per heavy atom. The van der Waals surface area contributed by atoms with E-state index in [9.17, 15) is 18.0 Å². The molecular weight excluding hydrogens is 364 g/mol. The molecule has 0 spiro atoms. The Morgan fingerprint density at radius 1 is 1.12 bits per heavy atom. The van der Waals surface area contributed by atoms with Gasteiger partial charge in [-0.15, -0.1) is 0 Å². The molecule has 11 heteroatoms. The van der Waals surface area contributed by atoms with Gasteiger partial charge in [0, 0.05) is 26.2 Å². The van der Waals surface area contributed by atoms with Crippen molar-refractivity contribution in [3.63, 3.8) is 0 Å². The number of anilines is 1. The Labute approximate surface area is 148 Å². The highest BCUT2D eigenvalue weighted by Gasteiger charge is 2.31. The lowest BCUT2D eigenvalue weighted by atomic mass is 10.3. The SMILES string of the molecule is NC(=O)c1ccc(S(=O)(=O)N2CCN(c3cccc(C(=O)O)n3)CC2)o1. The van der Waals surface area contributed by atoms with Crippen LogP contribution in [0.1, 0.15) is 21.0 Å². The summed E-state index contributed by atoms with van der Waals surface area (Å²) in [6.45, 7) is 0.985. The first-order valence-electron chi connectivity index (χ1n) is 7.64. The van der Waals surface area contributed by atoms with Gasteiger partial charge in [0.1, 0.15) is 5.82 Å². The van der Waals surface area contributed by atoms with Crippen LogP contribution in [0.25, 0.3) is 0 Å². The molecule has 1 aliphatic rings. The van der Waals surface area contributed by atoms with Crippen molar-refractivity contribution in [3.8, 4) is 0 Å². The van der Waals surface area contributed by atoms with E-state index >= 15 is 0 Å². The number of amides is 1. The molecule has 1 fully saturated rings. The largest absolute Gasteiger partial charge is 0.477 e. The maximum atomic E-state index is 12.6. The molecule has 0 radical (unpaired) electrons. The van der Waals surface area contributed by atoms with Gasteiger partial charge in [-0.05, 0) is 24.3 Å². The zero-order valence-corrected chi connectivity index (χ0v) is 14.3. The molecule has 0 saturated carbocycles. The van der Waals surface area contributed by atoms with E-state index in [1.165, 1.54) is 22.5 Å². The first-order valence-corrected chi connectivity index (χ1v) is 9.08. The van der Waals surface area contributed by atoms with E-state index < -0.39 is 21.9 Å². The van der Waals surface area contributed by atoms with Crippen molar-refractivity contribution < 1.29 is 27.5 Å². The van der Waals surface area contributed by atoms with Crippen LogP contribution >= 0.6 is 0 Å². The lowest BCUT2D eigenvalue weighted by Crippen LogP contribution is -2.48. The van der Waals surface area contributed by atoms with Gasteiger partial charge in [0.2, 0.25) is 5.09 Å². The topological polar surface area (TPSA) is 147 Å². The number of aromatic carboxylic acids is 1. The number of hydrogen-bond acceptors (Lipinski definition) is 7. The second-order valence-corrected chi connectivity index (χ2v) is 7.43. The van der Waals surface area contributed by atoms with Crippen molar-refractivity contribution in [2.75, 3.05) is 31.1 Å². The summed E-state index contributed by atoms with van der Waals surface area (Å²) in [5.74, 6) is -1.73. The van der Waals surface area contributed by atoms with E-state index in [1.54, 1.807) is 17.0 Å². The number of carbonyl (C=O) groups is 2. The van der Waals surface area contributed by atoms with Gasteiger partial charge in [-0.25, -0.2) is 18.2 Å². The second-order valence-electron chi connectivity index (χ2n) is 5.56. The summed E-state index contributed by atoms with van der Waals surface area (Å²) >= 11 is 0. The van der Waals surface area contributed by atoms with Gasteiger partial charge in [0.15, 0.2) is 11.5 Å². The highest BCUT2D eigenvalue weighted by atomic mass is 32.2. The number of carboxylic acid groups (broad SMARTS) is 1. The number of nitrogens with two attached hydrogens (primary N) is 1. The highest BCUT2D eigenvalue weighted by molar-refractivity contribution is 7.89. The summed E-state index contributed by atoms with van der Waals surface area (Å²) in [6, 6.07) is 7.05. The number of rotatable bonds is 5. The minimum Gasteiger partial charge on any atom is -0.477 e. The standard InChI is InChI=1S/C15H16N4O6S/c16-14(20)11-4-5-13(25-11)26(23,24)19-8-6-18(7-9-19)12-3-1-2-10(17-12)15(21)22/h1-5H,6-9H2,(H2,16,20)(H,21,22). The number of carbonyl (C=O) groups excluding carboxylic acids is 1. The fourth-order valence-corrected chi connectivity index (χ4v) is 3.93. The fraction of sp³-hybridized carbons (Fsp3) is 0.267. The molecule has 0 aliphatic carbocycles. The van der Waals surface area contributed by atoms with Gasteiger partial charge < -0.3 is 20.2 Å². The summed E-state index contributed by atoms with van der Waals surface area (Å²) in [5.41, 5.74) is 4.99. The molecule has 1 aliphatic heterocycles. The molecule has 138 valence electrons. The quantitative estimate of drug-likeness (QED) is 0.736. The Balaban J connectivity index is 1.72. The lowest BCUT2D eigenvalue weighted by Gasteiger charge is -2.34. The highest BCUT2D eigenvalue weighted by Crippen LogP contribution is 2.22. The van der Waals surface area contributed by atoms with E-state index in [2.05, 4.69) is 4.98 Å². The number of sulfonamides is 1. The average molecular weight is 380 g/mol. The molecule has 2 aromatic heterocycles. The number of piperazine rings is 1. The van der Waals surface area contributed by atoms with Crippen molar-refractivity contribution in [2.24, 2.45) is 5.73 Å².